The van der Waals surface area contributed by atoms with E-state index in [0.29, 0.717) is 6.42 Å². The van der Waals surface area contributed by atoms with Gasteiger partial charge in [-0.15, -0.1) is 0 Å². The minimum absolute atomic E-state index is 0.0264. The van der Waals surface area contributed by atoms with E-state index >= 15 is 0 Å². The Labute approximate surface area is 229 Å². The van der Waals surface area contributed by atoms with Crippen LogP contribution >= 0.6 is 0 Å². The fourth-order valence-electron chi connectivity index (χ4n) is 4.32. The van der Waals surface area contributed by atoms with E-state index in [4.69, 9.17) is 9.26 Å². The maximum absolute atomic E-state index is 14.3. The SMILES string of the molecule is CCCOc1ccc(-c2cc(C(C)(C(=O)O)n3cnc4c3C=CN(c3cccc(F)c3F)N4)on2)c(C(F)(F)F)c1. The molecule has 14 heteroatoms. The number of hydrogen-bond acceptors (Lipinski definition) is 7. The van der Waals surface area contributed by atoms with Crippen molar-refractivity contribution in [2.45, 2.75) is 32.0 Å². The molecule has 214 valence electrons. The lowest BCUT2D eigenvalue weighted by Gasteiger charge is -2.28. The molecule has 3 heterocycles. The van der Waals surface area contributed by atoms with Gasteiger partial charge in [0, 0.05) is 17.8 Å². The normalized spacial score (nSPS) is 14.4. The number of carboxylic acid groups (broad SMARTS) is 1. The number of benzene rings is 2. The molecule has 1 unspecified atom stereocenters. The summed E-state index contributed by atoms with van der Waals surface area (Å²) in [5, 5.41) is 15.2. The van der Waals surface area contributed by atoms with Crippen molar-refractivity contribution in [3.63, 3.8) is 0 Å². The Morgan fingerprint density at radius 3 is 2.66 bits per heavy atom. The van der Waals surface area contributed by atoms with Gasteiger partial charge in [-0.25, -0.2) is 18.6 Å². The van der Waals surface area contributed by atoms with Gasteiger partial charge in [-0.1, -0.05) is 18.1 Å². The van der Waals surface area contributed by atoms with Crippen molar-refractivity contribution in [3.8, 4) is 17.0 Å². The topological polar surface area (TPSA) is 106 Å². The number of imidazole rings is 1. The monoisotopic (exact) mass is 575 g/mol. The van der Waals surface area contributed by atoms with Gasteiger partial charge < -0.3 is 18.9 Å². The fraction of sp³-hybridized carbons (Fsp3) is 0.222. The second-order valence-electron chi connectivity index (χ2n) is 9.23. The van der Waals surface area contributed by atoms with Crippen molar-refractivity contribution in [2.24, 2.45) is 0 Å². The molecule has 0 spiro atoms. The number of ether oxygens (including phenoxy) is 1. The van der Waals surface area contributed by atoms with Gasteiger partial charge in [-0.05, 0) is 49.8 Å². The summed E-state index contributed by atoms with van der Waals surface area (Å²) in [7, 11) is 0. The minimum Gasteiger partial charge on any atom is -0.494 e. The molecular weight excluding hydrogens is 553 g/mol. The third kappa shape index (κ3) is 4.85. The number of aliphatic carboxylic acids is 1. The van der Waals surface area contributed by atoms with Crippen LogP contribution in [0.3, 0.4) is 0 Å². The van der Waals surface area contributed by atoms with E-state index < -0.39 is 34.9 Å². The van der Waals surface area contributed by atoms with Crippen LogP contribution in [-0.4, -0.2) is 32.4 Å². The zero-order valence-corrected chi connectivity index (χ0v) is 21.5. The Morgan fingerprint density at radius 2 is 1.95 bits per heavy atom. The standard InChI is InChI=1S/C27H22F5N5O4/c1-3-11-40-15-7-8-16(17(12-15)27(30,31)32)19-13-22(41-35-19)26(2,25(38)39)36-14-33-24-21(36)9-10-37(34-24)20-6-4-5-18(28)23(20)29/h4-10,12-14,34H,3,11H2,1-2H3,(H,38,39). The summed E-state index contributed by atoms with van der Waals surface area (Å²) in [5.74, 6) is -3.76. The molecule has 9 nitrogen and oxygen atoms in total. The molecular formula is C27H22F5N5O4. The highest BCUT2D eigenvalue weighted by Gasteiger charge is 2.44. The second kappa shape index (κ2) is 10.3. The molecule has 41 heavy (non-hydrogen) atoms. The molecule has 4 aromatic rings. The first kappa shape index (κ1) is 27.7. The number of fused-ring (bicyclic) bond motifs is 1. The molecule has 2 N–H and O–H groups in total. The Kier molecular flexibility index (Phi) is 6.93. The van der Waals surface area contributed by atoms with Gasteiger partial charge in [-0.2, -0.15) is 13.2 Å². The summed E-state index contributed by atoms with van der Waals surface area (Å²) < 4.78 is 81.7. The first-order chi connectivity index (χ1) is 19.4. The molecule has 0 saturated carbocycles. The van der Waals surface area contributed by atoms with Gasteiger partial charge in [0.15, 0.2) is 23.2 Å². The van der Waals surface area contributed by atoms with E-state index in [-0.39, 0.29) is 46.6 Å². The van der Waals surface area contributed by atoms with Crippen LogP contribution in [0.15, 0.2) is 59.5 Å². The molecule has 1 atom stereocenters. The number of carbonyl (C=O) groups is 1. The van der Waals surface area contributed by atoms with Crippen LogP contribution in [0.5, 0.6) is 5.75 Å². The summed E-state index contributed by atoms with van der Waals surface area (Å²) in [4.78, 5) is 16.8. The highest BCUT2D eigenvalue weighted by molar-refractivity contribution is 5.82. The first-order valence-corrected chi connectivity index (χ1v) is 12.3. The molecule has 2 aromatic carbocycles. The van der Waals surface area contributed by atoms with Crippen molar-refractivity contribution in [3.05, 3.63) is 83.6 Å². The molecule has 1 aliphatic heterocycles. The number of alkyl halides is 3. The molecule has 0 aliphatic carbocycles. The highest BCUT2D eigenvalue weighted by Crippen LogP contribution is 2.41. The largest absolute Gasteiger partial charge is 0.494 e. The number of carboxylic acids is 1. The van der Waals surface area contributed by atoms with Crippen LogP contribution in [0.2, 0.25) is 0 Å². The number of hydrogen-bond donors (Lipinski definition) is 2. The first-order valence-electron chi connectivity index (χ1n) is 12.3. The van der Waals surface area contributed by atoms with Gasteiger partial charge >= 0.3 is 12.1 Å². The average Bonchev–Trinajstić information content (AvgIpc) is 3.60. The lowest BCUT2D eigenvalue weighted by molar-refractivity contribution is -0.145. The average molecular weight is 575 g/mol. The molecule has 2 aromatic heterocycles. The molecule has 0 saturated heterocycles. The van der Waals surface area contributed by atoms with Crippen molar-refractivity contribution in [1.29, 1.82) is 0 Å². The van der Waals surface area contributed by atoms with Crippen LogP contribution in [0.1, 0.15) is 37.3 Å². The van der Waals surface area contributed by atoms with Gasteiger partial charge in [-0.3, -0.25) is 10.4 Å². The van der Waals surface area contributed by atoms with Crippen molar-refractivity contribution in [2.75, 3.05) is 17.0 Å². The number of aromatic nitrogens is 3. The smallest absolute Gasteiger partial charge is 0.417 e. The Balaban J connectivity index is 1.52. The third-order valence-electron chi connectivity index (χ3n) is 6.54. The summed E-state index contributed by atoms with van der Waals surface area (Å²) >= 11 is 0. The van der Waals surface area contributed by atoms with Gasteiger partial charge in [0.05, 0.1) is 24.2 Å². The number of hydrazine groups is 1. The summed E-state index contributed by atoms with van der Waals surface area (Å²) in [6, 6.07) is 8.12. The molecule has 0 fully saturated rings. The van der Waals surface area contributed by atoms with E-state index in [1.165, 1.54) is 54.4 Å². The Hall–Kier alpha value is -4.88. The number of anilines is 2. The number of halogens is 5. The number of rotatable bonds is 8. The quantitative estimate of drug-likeness (QED) is 0.236. The van der Waals surface area contributed by atoms with Gasteiger partial charge in [0.25, 0.3) is 0 Å². The van der Waals surface area contributed by atoms with Crippen molar-refractivity contribution in [1.82, 2.24) is 14.7 Å². The van der Waals surface area contributed by atoms with Crippen LogP contribution in [0, 0.1) is 11.6 Å². The van der Waals surface area contributed by atoms with Gasteiger partial charge in [0.2, 0.25) is 5.54 Å². The fourth-order valence-corrected chi connectivity index (χ4v) is 4.32. The maximum atomic E-state index is 14.3. The van der Waals surface area contributed by atoms with E-state index in [1.54, 1.807) is 0 Å². The van der Waals surface area contributed by atoms with Crippen LogP contribution < -0.4 is 15.2 Å². The Morgan fingerprint density at radius 1 is 1.17 bits per heavy atom. The molecule has 1 aliphatic rings. The van der Waals surface area contributed by atoms with Crippen molar-refractivity contribution < 1.29 is 41.1 Å². The number of nitrogens with zero attached hydrogens (tertiary/aromatic N) is 4. The van der Waals surface area contributed by atoms with E-state index in [1.807, 2.05) is 6.92 Å². The summed E-state index contributed by atoms with van der Waals surface area (Å²) in [6.45, 7) is 3.31. The molecule has 0 radical (unpaired) electrons. The predicted octanol–water partition coefficient (Wildman–Crippen LogP) is 6.29. The lowest BCUT2D eigenvalue weighted by Crippen LogP contribution is -2.40. The zero-order valence-electron chi connectivity index (χ0n) is 21.5. The molecule has 5 rings (SSSR count). The van der Waals surface area contributed by atoms with E-state index in [2.05, 4.69) is 15.6 Å². The third-order valence-corrected chi connectivity index (χ3v) is 6.54. The highest BCUT2D eigenvalue weighted by atomic mass is 19.4. The molecule has 0 bridgehead atoms. The lowest BCUT2D eigenvalue weighted by atomic mass is 9.96. The second-order valence-corrected chi connectivity index (χ2v) is 9.23. The van der Waals surface area contributed by atoms with Crippen LogP contribution in [0.25, 0.3) is 17.3 Å². The summed E-state index contributed by atoms with van der Waals surface area (Å²) in [6.07, 6.45) is -0.234. The Bertz CT molecular complexity index is 1650. The van der Waals surface area contributed by atoms with Crippen LogP contribution in [-0.2, 0) is 16.5 Å². The van der Waals surface area contributed by atoms with Gasteiger partial charge in [0.1, 0.15) is 17.1 Å². The van der Waals surface area contributed by atoms with E-state index in [9.17, 15) is 31.9 Å². The summed E-state index contributed by atoms with van der Waals surface area (Å²) in [5.41, 5.74) is -0.772. The number of nitrogens with one attached hydrogen (secondary N) is 1. The van der Waals surface area contributed by atoms with Crippen molar-refractivity contribution >= 4 is 23.6 Å². The van der Waals surface area contributed by atoms with Crippen LogP contribution in [0.4, 0.5) is 33.5 Å². The molecule has 0 amide bonds. The predicted molar refractivity (Wildman–Crippen MR) is 137 cm³/mol. The minimum atomic E-state index is -4.76. The zero-order chi connectivity index (χ0) is 29.5. The van der Waals surface area contributed by atoms with E-state index in [0.717, 1.165) is 23.2 Å². The maximum Gasteiger partial charge on any atom is 0.417 e.